The van der Waals surface area contributed by atoms with Crippen LogP contribution in [-0.4, -0.2) is 49.0 Å². The first-order valence-electron chi connectivity index (χ1n) is 14.3. The maximum absolute atomic E-state index is 15.3. The fraction of sp³-hybridized carbons (Fsp3) is 0.212. The van der Waals surface area contributed by atoms with Crippen LogP contribution in [0.3, 0.4) is 0 Å². The highest BCUT2D eigenvalue weighted by Gasteiger charge is 2.26. The van der Waals surface area contributed by atoms with E-state index in [-0.39, 0.29) is 44.9 Å². The van der Waals surface area contributed by atoms with Crippen molar-refractivity contribution in [1.29, 1.82) is 5.41 Å². The Morgan fingerprint density at radius 1 is 0.978 bits per heavy atom. The zero-order valence-electron chi connectivity index (χ0n) is 24.5. The Morgan fingerprint density at radius 2 is 1.73 bits per heavy atom. The molecule has 1 saturated heterocycles. The van der Waals surface area contributed by atoms with Crippen LogP contribution in [0.5, 0.6) is 0 Å². The van der Waals surface area contributed by atoms with Crippen molar-refractivity contribution in [3.05, 3.63) is 112 Å². The molecule has 45 heavy (non-hydrogen) atoms. The number of halogens is 3. The minimum absolute atomic E-state index is 0.0196. The molecule has 1 aliphatic rings. The summed E-state index contributed by atoms with van der Waals surface area (Å²) in [5.74, 6) is -1.22. The Kier molecular flexibility index (Phi) is 8.22. The van der Waals surface area contributed by atoms with Crippen LogP contribution in [0.25, 0.3) is 22.1 Å². The number of hydrogen-bond donors (Lipinski definition) is 3. The lowest BCUT2D eigenvalue weighted by Crippen LogP contribution is -2.36. The number of nitrogens with one attached hydrogen (secondary N) is 3. The first-order valence-corrected chi connectivity index (χ1v) is 14.3. The first-order chi connectivity index (χ1) is 21.8. The molecule has 3 aromatic carbocycles. The SMILES string of the molecule is CNc1ncnc(NC(C)c2oc3cccc(F)c3c(=O)c2-c2cccc(F)c2)c1C(=N)c1ccc(N2CCOCC2)c(F)c1. The third-order valence-corrected chi connectivity index (χ3v) is 7.68. The minimum atomic E-state index is -0.796. The summed E-state index contributed by atoms with van der Waals surface area (Å²) in [6, 6.07) is 13.3. The van der Waals surface area contributed by atoms with E-state index in [1.165, 1.54) is 48.8 Å². The molecule has 2 aromatic heterocycles. The maximum atomic E-state index is 15.3. The smallest absolute Gasteiger partial charge is 0.203 e. The molecule has 6 rings (SSSR count). The summed E-state index contributed by atoms with van der Waals surface area (Å²) in [5, 5.41) is 15.0. The van der Waals surface area contributed by atoms with Gasteiger partial charge in [0, 0.05) is 25.7 Å². The van der Waals surface area contributed by atoms with E-state index in [4.69, 9.17) is 14.6 Å². The van der Waals surface area contributed by atoms with Crippen LogP contribution in [0.2, 0.25) is 0 Å². The van der Waals surface area contributed by atoms with Crippen LogP contribution in [0.15, 0.2) is 76.2 Å². The quantitative estimate of drug-likeness (QED) is 0.179. The van der Waals surface area contributed by atoms with Gasteiger partial charge in [-0.05, 0) is 48.9 Å². The lowest BCUT2D eigenvalue weighted by molar-refractivity contribution is 0.122. The molecule has 0 spiro atoms. The molecular formula is C33H29F3N6O3. The molecule has 3 heterocycles. The molecule has 1 atom stereocenters. The number of rotatable bonds is 8. The predicted molar refractivity (Wildman–Crippen MR) is 167 cm³/mol. The van der Waals surface area contributed by atoms with Gasteiger partial charge in [-0.1, -0.05) is 24.3 Å². The van der Waals surface area contributed by atoms with Crippen molar-refractivity contribution >= 4 is 34.0 Å². The normalized spacial score (nSPS) is 13.9. The predicted octanol–water partition coefficient (Wildman–Crippen LogP) is 6.13. The zero-order chi connectivity index (χ0) is 31.7. The number of nitrogens with zero attached hydrogens (tertiary/aromatic N) is 3. The number of ether oxygens (including phenoxy) is 1. The summed E-state index contributed by atoms with van der Waals surface area (Å²) in [7, 11) is 1.63. The number of anilines is 3. The lowest BCUT2D eigenvalue weighted by atomic mass is 9.98. The molecular weight excluding hydrogens is 585 g/mol. The number of aromatic nitrogens is 2. The van der Waals surface area contributed by atoms with Gasteiger partial charge in [-0.15, -0.1) is 0 Å². The Morgan fingerprint density at radius 3 is 2.47 bits per heavy atom. The molecule has 1 fully saturated rings. The van der Waals surface area contributed by atoms with Crippen LogP contribution < -0.4 is 21.0 Å². The van der Waals surface area contributed by atoms with Gasteiger partial charge in [0.1, 0.15) is 52.1 Å². The van der Waals surface area contributed by atoms with Gasteiger partial charge in [-0.3, -0.25) is 10.2 Å². The topological polar surface area (TPSA) is 116 Å². The second kappa shape index (κ2) is 12.4. The van der Waals surface area contributed by atoms with E-state index in [0.717, 1.165) is 6.07 Å². The molecule has 5 aromatic rings. The molecule has 9 nitrogen and oxygen atoms in total. The Hall–Kier alpha value is -5.23. The second-order valence-electron chi connectivity index (χ2n) is 10.5. The molecule has 0 aliphatic carbocycles. The van der Waals surface area contributed by atoms with Crippen molar-refractivity contribution in [2.75, 3.05) is 48.9 Å². The molecule has 3 N–H and O–H groups in total. The van der Waals surface area contributed by atoms with Crippen molar-refractivity contribution in [2.24, 2.45) is 0 Å². The third kappa shape index (κ3) is 5.72. The molecule has 0 amide bonds. The van der Waals surface area contributed by atoms with E-state index in [0.29, 0.717) is 43.4 Å². The van der Waals surface area contributed by atoms with E-state index in [1.54, 1.807) is 26.1 Å². The van der Waals surface area contributed by atoms with Crippen LogP contribution in [0, 0.1) is 22.9 Å². The van der Waals surface area contributed by atoms with Crippen LogP contribution in [0.4, 0.5) is 30.5 Å². The number of hydrogen-bond acceptors (Lipinski definition) is 9. The zero-order valence-corrected chi connectivity index (χ0v) is 24.5. The van der Waals surface area contributed by atoms with Gasteiger partial charge >= 0.3 is 0 Å². The van der Waals surface area contributed by atoms with E-state index < -0.39 is 28.9 Å². The summed E-state index contributed by atoms with van der Waals surface area (Å²) < 4.78 is 55.9. The highest BCUT2D eigenvalue weighted by molar-refractivity contribution is 6.16. The average molecular weight is 615 g/mol. The Bertz CT molecular complexity index is 1980. The summed E-state index contributed by atoms with van der Waals surface area (Å²) in [5.41, 5.74) is 0.443. The van der Waals surface area contributed by atoms with E-state index >= 15 is 4.39 Å². The van der Waals surface area contributed by atoms with Gasteiger partial charge in [0.2, 0.25) is 5.43 Å². The average Bonchev–Trinajstić information content (AvgIpc) is 3.04. The summed E-state index contributed by atoms with van der Waals surface area (Å²) in [6.07, 6.45) is 1.29. The van der Waals surface area contributed by atoms with Crippen molar-refractivity contribution in [3.8, 4) is 11.1 Å². The Balaban J connectivity index is 1.42. The van der Waals surface area contributed by atoms with Crippen molar-refractivity contribution < 1.29 is 22.3 Å². The highest BCUT2D eigenvalue weighted by atomic mass is 19.1. The van der Waals surface area contributed by atoms with Crippen LogP contribution >= 0.6 is 0 Å². The minimum Gasteiger partial charge on any atom is -0.458 e. The summed E-state index contributed by atoms with van der Waals surface area (Å²) >= 11 is 0. The molecule has 0 radical (unpaired) electrons. The van der Waals surface area contributed by atoms with E-state index in [9.17, 15) is 13.6 Å². The second-order valence-corrected chi connectivity index (χ2v) is 10.5. The van der Waals surface area contributed by atoms with Gasteiger partial charge in [-0.25, -0.2) is 23.1 Å². The molecule has 1 aliphatic heterocycles. The molecule has 230 valence electrons. The third-order valence-electron chi connectivity index (χ3n) is 7.68. The molecule has 0 bridgehead atoms. The van der Waals surface area contributed by atoms with Gasteiger partial charge in [0.15, 0.2) is 0 Å². The largest absolute Gasteiger partial charge is 0.458 e. The Labute approximate surface area is 256 Å². The fourth-order valence-corrected chi connectivity index (χ4v) is 5.50. The lowest BCUT2D eigenvalue weighted by Gasteiger charge is -2.29. The van der Waals surface area contributed by atoms with Gasteiger partial charge < -0.3 is 24.7 Å². The number of benzene rings is 3. The fourth-order valence-electron chi connectivity index (χ4n) is 5.50. The molecule has 1 unspecified atom stereocenters. The van der Waals surface area contributed by atoms with Gasteiger partial charge in [-0.2, -0.15) is 0 Å². The van der Waals surface area contributed by atoms with E-state index in [2.05, 4.69) is 20.6 Å². The highest BCUT2D eigenvalue weighted by Crippen LogP contribution is 2.34. The van der Waals surface area contributed by atoms with Gasteiger partial charge in [0.05, 0.1) is 41.8 Å². The number of morpholine rings is 1. The first kappa shape index (κ1) is 29.8. The van der Waals surface area contributed by atoms with Gasteiger partial charge in [0.25, 0.3) is 0 Å². The number of fused-ring (bicyclic) bond motifs is 1. The summed E-state index contributed by atoms with van der Waals surface area (Å²) in [6.45, 7) is 3.82. The monoisotopic (exact) mass is 614 g/mol. The van der Waals surface area contributed by atoms with Crippen molar-refractivity contribution in [1.82, 2.24) is 9.97 Å². The van der Waals surface area contributed by atoms with Crippen molar-refractivity contribution in [3.63, 3.8) is 0 Å². The van der Waals surface area contributed by atoms with Crippen LogP contribution in [-0.2, 0) is 4.74 Å². The van der Waals surface area contributed by atoms with E-state index in [1.807, 2.05) is 4.90 Å². The maximum Gasteiger partial charge on any atom is 0.203 e. The molecule has 0 saturated carbocycles. The van der Waals surface area contributed by atoms with Crippen molar-refractivity contribution in [2.45, 2.75) is 13.0 Å². The summed E-state index contributed by atoms with van der Waals surface area (Å²) in [4.78, 5) is 24.2. The van der Waals surface area contributed by atoms with Crippen LogP contribution in [0.1, 0.15) is 29.9 Å². The standard InChI is InChI=1S/C33H29F3N6O3/c1-18(31-26(19-5-3-6-21(34)15-19)30(43)27-22(35)7-4-8-25(27)45-31)41-33-28(32(38-2)39-17-40-33)29(37)20-9-10-24(23(36)16-20)42-11-13-44-14-12-42/h3-10,15-18,37H,11-14H2,1-2H3,(H2,38,39,40,41). The molecule has 12 heteroatoms.